The fourth-order valence-corrected chi connectivity index (χ4v) is 1.96. The largest absolute Gasteiger partial charge is 0.355 e. The van der Waals surface area contributed by atoms with Crippen molar-refractivity contribution in [3.05, 3.63) is 0 Å². The minimum absolute atomic E-state index is 0.0453. The molecule has 0 spiro atoms. The molecular weight excluding hydrogens is 244 g/mol. The van der Waals surface area contributed by atoms with Crippen molar-refractivity contribution in [2.75, 3.05) is 53.4 Å². The highest BCUT2D eigenvalue weighted by atomic mass is 16.2. The molecule has 0 unspecified atom stereocenters. The minimum atomic E-state index is 0.0453. The smallest absolute Gasteiger partial charge is 0.319 e. The van der Waals surface area contributed by atoms with Crippen LogP contribution >= 0.6 is 0 Å². The summed E-state index contributed by atoms with van der Waals surface area (Å²) in [6.07, 6.45) is 0. The molecule has 0 aromatic rings. The predicted octanol–water partition coefficient (Wildman–Crippen LogP) is 0.0578. The van der Waals surface area contributed by atoms with E-state index in [-0.39, 0.29) is 11.9 Å². The van der Waals surface area contributed by atoms with Gasteiger partial charge in [-0.15, -0.1) is 0 Å². The van der Waals surface area contributed by atoms with Gasteiger partial charge in [0.1, 0.15) is 0 Å². The Morgan fingerprint density at radius 1 is 1.16 bits per heavy atom. The highest BCUT2D eigenvalue weighted by Gasteiger charge is 2.23. The van der Waals surface area contributed by atoms with E-state index in [1.165, 1.54) is 0 Å². The van der Waals surface area contributed by atoms with E-state index in [9.17, 15) is 9.59 Å². The lowest BCUT2D eigenvalue weighted by atomic mass is 10.2. The van der Waals surface area contributed by atoms with Crippen molar-refractivity contribution >= 4 is 11.9 Å². The molecule has 1 rings (SSSR count). The van der Waals surface area contributed by atoms with Crippen molar-refractivity contribution in [3.8, 4) is 0 Å². The first-order valence-electron chi connectivity index (χ1n) is 6.85. The van der Waals surface area contributed by atoms with Gasteiger partial charge >= 0.3 is 6.03 Å². The molecule has 6 nitrogen and oxygen atoms in total. The van der Waals surface area contributed by atoms with E-state index in [0.717, 1.165) is 19.6 Å². The van der Waals surface area contributed by atoms with Gasteiger partial charge in [0.15, 0.2) is 0 Å². The average Bonchev–Trinajstić information content (AvgIpc) is 2.36. The SMILES string of the molecule is CC(C)CNC(=O)CN1CCN(C(=O)N(C)C)CC1. The number of nitrogens with zero attached hydrogens (tertiary/aromatic N) is 3. The molecule has 0 aromatic heterocycles. The molecule has 1 aliphatic rings. The highest BCUT2D eigenvalue weighted by Crippen LogP contribution is 2.03. The second kappa shape index (κ2) is 7.33. The zero-order valence-electron chi connectivity index (χ0n) is 12.5. The van der Waals surface area contributed by atoms with E-state index >= 15 is 0 Å². The highest BCUT2D eigenvalue weighted by molar-refractivity contribution is 5.78. The molecule has 0 radical (unpaired) electrons. The van der Waals surface area contributed by atoms with E-state index < -0.39 is 0 Å². The Morgan fingerprint density at radius 3 is 2.21 bits per heavy atom. The standard InChI is InChI=1S/C13H26N4O2/c1-11(2)9-14-12(18)10-16-5-7-17(8-6-16)13(19)15(3)4/h11H,5-10H2,1-4H3,(H,14,18). The van der Waals surface area contributed by atoms with Crippen molar-refractivity contribution in [2.24, 2.45) is 5.92 Å². The van der Waals surface area contributed by atoms with Crippen LogP contribution in [0.4, 0.5) is 4.79 Å². The normalized spacial score (nSPS) is 16.6. The lowest BCUT2D eigenvalue weighted by Crippen LogP contribution is -2.53. The van der Waals surface area contributed by atoms with Crippen LogP contribution in [0.15, 0.2) is 0 Å². The molecule has 0 aliphatic carbocycles. The van der Waals surface area contributed by atoms with Crippen LogP contribution in [-0.2, 0) is 4.79 Å². The van der Waals surface area contributed by atoms with Crippen LogP contribution in [0, 0.1) is 5.92 Å². The van der Waals surface area contributed by atoms with Crippen molar-refractivity contribution < 1.29 is 9.59 Å². The molecule has 1 fully saturated rings. The molecule has 0 bridgehead atoms. The Hall–Kier alpha value is -1.30. The number of amides is 3. The number of urea groups is 1. The van der Waals surface area contributed by atoms with Gasteiger partial charge in [0.25, 0.3) is 0 Å². The maximum atomic E-state index is 11.8. The molecular formula is C13H26N4O2. The maximum absolute atomic E-state index is 11.8. The number of nitrogens with one attached hydrogen (secondary N) is 1. The van der Waals surface area contributed by atoms with Crippen LogP contribution in [0.25, 0.3) is 0 Å². The number of carbonyl (C=O) groups is 2. The van der Waals surface area contributed by atoms with Crippen LogP contribution in [-0.4, -0.2) is 80.0 Å². The van der Waals surface area contributed by atoms with E-state index in [0.29, 0.717) is 25.6 Å². The first-order valence-corrected chi connectivity index (χ1v) is 6.85. The van der Waals surface area contributed by atoms with E-state index in [2.05, 4.69) is 24.1 Å². The quantitative estimate of drug-likeness (QED) is 0.786. The molecule has 1 aliphatic heterocycles. The molecule has 1 saturated heterocycles. The van der Waals surface area contributed by atoms with Crippen molar-refractivity contribution in [3.63, 3.8) is 0 Å². The lowest BCUT2D eigenvalue weighted by molar-refractivity contribution is -0.122. The molecule has 6 heteroatoms. The second-order valence-corrected chi connectivity index (χ2v) is 5.64. The second-order valence-electron chi connectivity index (χ2n) is 5.64. The Labute approximate surface area is 115 Å². The predicted molar refractivity (Wildman–Crippen MR) is 74.9 cm³/mol. The summed E-state index contributed by atoms with van der Waals surface area (Å²) in [7, 11) is 3.52. The van der Waals surface area contributed by atoms with Crippen LogP contribution in [0.1, 0.15) is 13.8 Å². The van der Waals surface area contributed by atoms with E-state index in [1.54, 1.807) is 19.0 Å². The average molecular weight is 270 g/mol. The molecule has 0 atom stereocenters. The Bertz CT molecular complexity index is 310. The number of hydrogen-bond donors (Lipinski definition) is 1. The van der Waals surface area contributed by atoms with E-state index in [4.69, 9.17) is 0 Å². The third kappa shape index (κ3) is 5.46. The van der Waals surface area contributed by atoms with Gasteiger partial charge in [-0.05, 0) is 5.92 Å². The number of piperazine rings is 1. The number of carbonyl (C=O) groups excluding carboxylic acids is 2. The fraction of sp³-hybridized carbons (Fsp3) is 0.846. The van der Waals surface area contributed by atoms with E-state index in [1.807, 2.05) is 4.90 Å². The van der Waals surface area contributed by atoms with Gasteiger partial charge in [0.05, 0.1) is 6.54 Å². The first-order chi connectivity index (χ1) is 8.90. The topological polar surface area (TPSA) is 55.9 Å². The van der Waals surface area contributed by atoms with Gasteiger partial charge in [-0.1, -0.05) is 13.8 Å². The zero-order chi connectivity index (χ0) is 14.4. The van der Waals surface area contributed by atoms with Crippen LogP contribution in [0.3, 0.4) is 0 Å². The monoisotopic (exact) mass is 270 g/mol. The molecule has 110 valence electrons. The van der Waals surface area contributed by atoms with Crippen LogP contribution < -0.4 is 5.32 Å². The summed E-state index contributed by atoms with van der Waals surface area (Å²) in [6, 6.07) is 0.0453. The summed E-state index contributed by atoms with van der Waals surface area (Å²) in [5, 5.41) is 2.91. The van der Waals surface area contributed by atoms with Crippen LogP contribution in [0.2, 0.25) is 0 Å². The third-order valence-electron chi connectivity index (χ3n) is 3.10. The summed E-state index contributed by atoms with van der Waals surface area (Å²) in [5.74, 6) is 0.541. The molecule has 1 heterocycles. The summed E-state index contributed by atoms with van der Waals surface area (Å²) in [6.45, 7) is 8.19. The van der Waals surface area contributed by atoms with Gasteiger partial charge in [0.2, 0.25) is 5.91 Å². The molecule has 0 aromatic carbocycles. The van der Waals surface area contributed by atoms with Gasteiger partial charge < -0.3 is 15.1 Å². The summed E-state index contributed by atoms with van der Waals surface area (Å²) in [5.41, 5.74) is 0. The Balaban J connectivity index is 2.26. The summed E-state index contributed by atoms with van der Waals surface area (Å²) in [4.78, 5) is 29.0. The Kier molecular flexibility index (Phi) is 6.08. The molecule has 0 saturated carbocycles. The van der Waals surface area contributed by atoms with Crippen molar-refractivity contribution in [1.82, 2.24) is 20.0 Å². The lowest BCUT2D eigenvalue weighted by Gasteiger charge is -2.35. The summed E-state index contributed by atoms with van der Waals surface area (Å²) < 4.78 is 0. The molecule has 19 heavy (non-hydrogen) atoms. The number of rotatable bonds is 4. The summed E-state index contributed by atoms with van der Waals surface area (Å²) >= 11 is 0. The maximum Gasteiger partial charge on any atom is 0.319 e. The van der Waals surface area contributed by atoms with Gasteiger partial charge in [-0.25, -0.2) is 4.79 Å². The van der Waals surface area contributed by atoms with Crippen molar-refractivity contribution in [1.29, 1.82) is 0 Å². The van der Waals surface area contributed by atoms with Gasteiger partial charge in [-0.2, -0.15) is 0 Å². The third-order valence-corrected chi connectivity index (χ3v) is 3.10. The van der Waals surface area contributed by atoms with Gasteiger partial charge in [-0.3, -0.25) is 9.69 Å². The minimum Gasteiger partial charge on any atom is -0.355 e. The molecule has 1 N–H and O–H groups in total. The zero-order valence-corrected chi connectivity index (χ0v) is 12.5. The Morgan fingerprint density at radius 2 is 1.74 bits per heavy atom. The number of hydrogen-bond acceptors (Lipinski definition) is 3. The van der Waals surface area contributed by atoms with Crippen molar-refractivity contribution in [2.45, 2.75) is 13.8 Å². The van der Waals surface area contributed by atoms with Gasteiger partial charge in [0, 0.05) is 46.8 Å². The molecule has 3 amide bonds. The van der Waals surface area contributed by atoms with Crippen LogP contribution in [0.5, 0.6) is 0 Å². The first kappa shape index (κ1) is 15.8. The fourth-order valence-electron chi connectivity index (χ4n) is 1.96.